The second-order valence-corrected chi connectivity index (χ2v) is 6.25. The molecule has 1 amide bonds. The van der Waals surface area contributed by atoms with Crippen LogP contribution in [-0.2, 0) is 0 Å². The first-order chi connectivity index (χ1) is 8.02. The van der Waals surface area contributed by atoms with Crippen molar-refractivity contribution >= 4 is 29.7 Å². The summed E-state index contributed by atoms with van der Waals surface area (Å²) in [7, 11) is 0. The van der Waals surface area contributed by atoms with E-state index in [0.717, 1.165) is 17.8 Å². The summed E-state index contributed by atoms with van der Waals surface area (Å²) >= 11 is 1.60. The van der Waals surface area contributed by atoms with Crippen molar-refractivity contribution in [2.75, 3.05) is 13.1 Å². The van der Waals surface area contributed by atoms with Gasteiger partial charge in [-0.05, 0) is 51.3 Å². The lowest BCUT2D eigenvalue weighted by atomic mass is 10.1. The van der Waals surface area contributed by atoms with Crippen LogP contribution in [0.2, 0.25) is 0 Å². The summed E-state index contributed by atoms with van der Waals surface area (Å²) in [5.41, 5.74) is 6.90. The SMILES string of the molecule is Cc1cc(C(=O)N2CC(CN)CC2C)sc1C.Cl. The van der Waals surface area contributed by atoms with Gasteiger partial charge in [0.15, 0.2) is 0 Å². The van der Waals surface area contributed by atoms with Crippen LogP contribution in [0.1, 0.15) is 33.5 Å². The summed E-state index contributed by atoms with van der Waals surface area (Å²) < 4.78 is 0. The number of nitrogens with zero attached hydrogens (tertiary/aromatic N) is 1. The minimum atomic E-state index is 0. The monoisotopic (exact) mass is 288 g/mol. The molecule has 102 valence electrons. The largest absolute Gasteiger partial charge is 0.335 e. The third-order valence-electron chi connectivity index (χ3n) is 3.63. The van der Waals surface area contributed by atoms with Gasteiger partial charge in [-0.1, -0.05) is 0 Å². The Kier molecular flexibility index (Phi) is 5.20. The molecule has 2 unspecified atom stereocenters. The van der Waals surface area contributed by atoms with Gasteiger partial charge in [-0.15, -0.1) is 23.7 Å². The second-order valence-electron chi connectivity index (χ2n) is 4.99. The summed E-state index contributed by atoms with van der Waals surface area (Å²) in [6.07, 6.45) is 1.03. The van der Waals surface area contributed by atoms with Gasteiger partial charge in [-0.3, -0.25) is 4.79 Å². The van der Waals surface area contributed by atoms with Crippen LogP contribution in [-0.4, -0.2) is 29.9 Å². The first-order valence-corrected chi connectivity index (χ1v) is 6.92. The Morgan fingerprint density at radius 3 is 2.67 bits per heavy atom. The average Bonchev–Trinajstić information content (AvgIpc) is 2.82. The number of rotatable bonds is 2. The van der Waals surface area contributed by atoms with Crippen LogP contribution in [0.25, 0.3) is 0 Å². The number of hydrogen-bond donors (Lipinski definition) is 1. The van der Waals surface area contributed by atoms with Gasteiger partial charge in [-0.25, -0.2) is 0 Å². The van der Waals surface area contributed by atoms with Gasteiger partial charge in [0.05, 0.1) is 4.88 Å². The Balaban J connectivity index is 0.00000162. The van der Waals surface area contributed by atoms with Gasteiger partial charge < -0.3 is 10.6 Å². The maximum Gasteiger partial charge on any atom is 0.264 e. The Morgan fingerprint density at radius 2 is 2.22 bits per heavy atom. The molecule has 0 aliphatic carbocycles. The molecule has 1 aliphatic rings. The lowest BCUT2D eigenvalue weighted by Gasteiger charge is -2.20. The molecular weight excluding hydrogens is 268 g/mol. The number of aryl methyl sites for hydroxylation is 2. The van der Waals surface area contributed by atoms with E-state index in [0.29, 0.717) is 18.5 Å². The van der Waals surface area contributed by atoms with Crippen molar-refractivity contribution in [3.63, 3.8) is 0 Å². The molecule has 3 nitrogen and oxygen atoms in total. The highest BCUT2D eigenvalue weighted by atomic mass is 35.5. The van der Waals surface area contributed by atoms with Crippen molar-refractivity contribution in [1.29, 1.82) is 0 Å². The summed E-state index contributed by atoms with van der Waals surface area (Å²) in [5.74, 6) is 0.644. The third kappa shape index (κ3) is 2.87. The minimum Gasteiger partial charge on any atom is -0.335 e. The van der Waals surface area contributed by atoms with Gasteiger partial charge in [0.2, 0.25) is 0 Å². The van der Waals surface area contributed by atoms with Crippen molar-refractivity contribution in [1.82, 2.24) is 4.90 Å². The summed E-state index contributed by atoms with van der Waals surface area (Å²) in [5, 5.41) is 0. The number of hydrogen-bond acceptors (Lipinski definition) is 3. The number of carbonyl (C=O) groups excluding carboxylic acids is 1. The van der Waals surface area contributed by atoms with E-state index in [-0.39, 0.29) is 18.3 Å². The first kappa shape index (κ1) is 15.5. The van der Waals surface area contributed by atoms with Crippen LogP contribution in [0, 0.1) is 19.8 Å². The fraction of sp³-hybridized carbons (Fsp3) is 0.615. The Hall–Kier alpha value is -0.580. The summed E-state index contributed by atoms with van der Waals surface area (Å²) in [6, 6.07) is 2.32. The van der Waals surface area contributed by atoms with E-state index in [1.54, 1.807) is 11.3 Å². The highest BCUT2D eigenvalue weighted by molar-refractivity contribution is 7.14. The zero-order chi connectivity index (χ0) is 12.6. The number of carbonyl (C=O) groups is 1. The normalized spacial score (nSPS) is 23.0. The van der Waals surface area contributed by atoms with Crippen LogP contribution in [0.3, 0.4) is 0 Å². The van der Waals surface area contributed by atoms with E-state index in [2.05, 4.69) is 20.8 Å². The predicted octanol–water partition coefficient (Wildman–Crippen LogP) is 2.60. The molecule has 2 N–H and O–H groups in total. The molecule has 1 aromatic rings. The average molecular weight is 289 g/mol. The molecule has 0 bridgehead atoms. The van der Waals surface area contributed by atoms with Crippen molar-refractivity contribution < 1.29 is 4.79 Å². The van der Waals surface area contributed by atoms with Gasteiger partial charge in [-0.2, -0.15) is 0 Å². The number of thiophene rings is 1. The number of likely N-dealkylation sites (tertiary alicyclic amines) is 1. The highest BCUT2D eigenvalue weighted by Gasteiger charge is 2.32. The smallest absolute Gasteiger partial charge is 0.264 e. The first-order valence-electron chi connectivity index (χ1n) is 6.11. The van der Waals surface area contributed by atoms with E-state index >= 15 is 0 Å². The van der Waals surface area contributed by atoms with Crippen LogP contribution < -0.4 is 5.73 Å². The molecule has 18 heavy (non-hydrogen) atoms. The molecule has 5 heteroatoms. The topological polar surface area (TPSA) is 46.3 Å². The highest BCUT2D eigenvalue weighted by Crippen LogP contribution is 2.27. The zero-order valence-electron chi connectivity index (χ0n) is 11.1. The Morgan fingerprint density at radius 1 is 1.56 bits per heavy atom. The minimum absolute atomic E-state index is 0. The molecular formula is C13H21ClN2OS. The predicted molar refractivity (Wildman–Crippen MR) is 78.7 cm³/mol. The van der Waals surface area contributed by atoms with E-state index < -0.39 is 0 Å². The fourth-order valence-corrected chi connectivity index (χ4v) is 3.41. The molecule has 2 rings (SSSR count). The number of halogens is 1. The van der Waals surface area contributed by atoms with E-state index in [1.165, 1.54) is 10.4 Å². The molecule has 1 saturated heterocycles. The molecule has 0 radical (unpaired) electrons. The molecule has 2 atom stereocenters. The van der Waals surface area contributed by atoms with Crippen LogP contribution in [0.4, 0.5) is 0 Å². The van der Waals surface area contributed by atoms with Crippen molar-refractivity contribution in [2.24, 2.45) is 11.7 Å². The van der Waals surface area contributed by atoms with Crippen molar-refractivity contribution in [3.8, 4) is 0 Å². The van der Waals surface area contributed by atoms with Crippen LogP contribution in [0.5, 0.6) is 0 Å². The van der Waals surface area contributed by atoms with Gasteiger partial charge in [0, 0.05) is 17.5 Å². The zero-order valence-corrected chi connectivity index (χ0v) is 12.7. The summed E-state index contributed by atoms with van der Waals surface area (Å²) in [4.78, 5) is 16.5. The third-order valence-corrected chi connectivity index (χ3v) is 4.77. The van der Waals surface area contributed by atoms with Crippen LogP contribution in [0.15, 0.2) is 6.07 Å². The quantitative estimate of drug-likeness (QED) is 0.909. The van der Waals surface area contributed by atoms with Gasteiger partial charge in [0.25, 0.3) is 5.91 Å². The van der Waals surface area contributed by atoms with E-state index in [1.807, 2.05) is 11.0 Å². The molecule has 1 aromatic heterocycles. The maximum absolute atomic E-state index is 12.4. The second kappa shape index (κ2) is 6.04. The Labute approximate surface area is 119 Å². The van der Waals surface area contributed by atoms with Crippen LogP contribution >= 0.6 is 23.7 Å². The summed E-state index contributed by atoms with van der Waals surface area (Å²) in [6.45, 7) is 7.72. The molecule has 0 saturated carbocycles. The standard InChI is InChI=1S/C13H20N2OS.ClH/c1-8-4-12(17-10(8)3)13(16)15-7-11(6-14)5-9(15)2;/h4,9,11H,5-7,14H2,1-3H3;1H. The molecule has 1 fully saturated rings. The van der Waals surface area contributed by atoms with Crippen molar-refractivity contribution in [3.05, 3.63) is 21.4 Å². The van der Waals surface area contributed by atoms with E-state index in [9.17, 15) is 4.79 Å². The lowest BCUT2D eigenvalue weighted by molar-refractivity contribution is 0.0748. The lowest BCUT2D eigenvalue weighted by Crippen LogP contribution is -2.33. The molecule has 2 heterocycles. The Bertz CT molecular complexity index is 413. The number of amides is 1. The van der Waals surface area contributed by atoms with Gasteiger partial charge >= 0.3 is 0 Å². The number of nitrogens with two attached hydrogens (primary N) is 1. The molecule has 1 aliphatic heterocycles. The maximum atomic E-state index is 12.4. The van der Waals surface area contributed by atoms with E-state index in [4.69, 9.17) is 5.73 Å². The van der Waals surface area contributed by atoms with Crippen molar-refractivity contribution in [2.45, 2.75) is 33.2 Å². The molecule has 0 aromatic carbocycles. The molecule has 0 spiro atoms. The fourth-order valence-electron chi connectivity index (χ4n) is 2.42. The van der Waals surface area contributed by atoms with Gasteiger partial charge in [0.1, 0.15) is 0 Å².